The Labute approximate surface area is 104 Å². The SMILES string of the molecule is CC[C@@H](O)Cn1nc(C(C)C)nc1C(C)(C)C. The van der Waals surface area contributed by atoms with E-state index in [4.69, 9.17) is 0 Å². The molecule has 0 aliphatic rings. The molecule has 0 amide bonds. The van der Waals surface area contributed by atoms with Gasteiger partial charge in [0.05, 0.1) is 12.6 Å². The Balaban J connectivity index is 3.08. The van der Waals surface area contributed by atoms with Gasteiger partial charge in [-0.15, -0.1) is 0 Å². The lowest BCUT2D eigenvalue weighted by Crippen LogP contribution is -2.24. The van der Waals surface area contributed by atoms with Crippen molar-refractivity contribution < 1.29 is 5.11 Å². The maximum absolute atomic E-state index is 9.76. The molecule has 0 spiro atoms. The van der Waals surface area contributed by atoms with Gasteiger partial charge in [0.2, 0.25) is 0 Å². The normalized spacial score (nSPS) is 14.4. The summed E-state index contributed by atoms with van der Waals surface area (Å²) in [4.78, 5) is 4.61. The monoisotopic (exact) mass is 239 g/mol. The van der Waals surface area contributed by atoms with Crippen molar-refractivity contribution in [2.24, 2.45) is 0 Å². The molecule has 1 aromatic rings. The molecule has 4 nitrogen and oxygen atoms in total. The van der Waals surface area contributed by atoms with E-state index in [0.717, 1.165) is 18.1 Å². The van der Waals surface area contributed by atoms with Crippen molar-refractivity contribution in [1.82, 2.24) is 14.8 Å². The molecule has 0 fully saturated rings. The van der Waals surface area contributed by atoms with E-state index in [0.29, 0.717) is 12.5 Å². The number of hydrogen-bond acceptors (Lipinski definition) is 3. The van der Waals surface area contributed by atoms with Gasteiger partial charge in [-0.1, -0.05) is 41.5 Å². The van der Waals surface area contributed by atoms with Gasteiger partial charge in [-0.05, 0) is 6.42 Å². The summed E-state index contributed by atoms with van der Waals surface area (Å²) in [7, 11) is 0. The maximum atomic E-state index is 9.76. The summed E-state index contributed by atoms with van der Waals surface area (Å²) in [6.45, 7) is 13.0. The molecule has 0 unspecified atom stereocenters. The van der Waals surface area contributed by atoms with Crippen LogP contribution < -0.4 is 0 Å². The molecule has 1 N–H and O–H groups in total. The predicted octanol–water partition coefficient (Wildman–Crippen LogP) is 2.47. The van der Waals surface area contributed by atoms with Gasteiger partial charge < -0.3 is 5.11 Å². The number of aliphatic hydroxyl groups is 1. The molecule has 0 aliphatic heterocycles. The molecule has 0 saturated carbocycles. The molecule has 4 heteroatoms. The first-order chi connectivity index (χ1) is 7.75. The highest BCUT2D eigenvalue weighted by atomic mass is 16.3. The molecule has 17 heavy (non-hydrogen) atoms. The van der Waals surface area contributed by atoms with Crippen LogP contribution in [-0.4, -0.2) is 26.0 Å². The van der Waals surface area contributed by atoms with Gasteiger partial charge in [-0.25, -0.2) is 9.67 Å². The third-order valence-corrected chi connectivity index (χ3v) is 2.73. The molecular formula is C13H25N3O. The van der Waals surface area contributed by atoms with E-state index in [-0.39, 0.29) is 11.5 Å². The highest BCUT2D eigenvalue weighted by Gasteiger charge is 2.24. The molecule has 1 atom stereocenters. The molecule has 1 heterocycles. The molecule has 98 valence electrons. The fraction of sp³-hybridized carbons (Fsp3) is 0.846. The lowest BCUT2D eigenvalue weighted by atomic mass is 9.95. The lowest BCUT2D eigenvalue weighted by molar-refractivity contribution is 0.142. The van der Waals surface area contributed by atoms with Gasteiger partial charge in [-0.2, -0.15) is 5.10 Å². The van der Waals surface area contributed by atoms with E-state index in [9.17, 15) is 5.11 Å². The lowest BCUT2D eigenvalue weighted by Gasteiger charge is -2.19. The Bertz CT molecular complexity index is 363. The van der Waals surface area contributed by atoms with Crippen molar-refractivity contribution in [3.8, 4) is 0 Å². The summed E-state index contributed by atoms with van der Waals surface area (Å²) in [6, 6.07) is 0. The first-order valence-corrected chi connectivity index (χ1v) is 6.39. The zero-order chi connectivity index (χ0) is 13.2. The maximum Gasteiger partial charge on any atom is 0.153 e. The smallest absolute Gasteiger partial charge is 0.153 e. The average Bonchev–Trinajstić information content (AvgIpc) is 2.61. The summed E-state index contributed by atoms with van der Waals surface area (Å²) in [5, 5.41) is 14.3. The molecular weight excluding hydrogens is 214 g/mol. The van der Waals surface area contributed by atoms with Crippen LogP contribution in [0, 0.1) is 0 Å². The Morgan fingerprint density at radius 2 is 1.88 bits per heavy atom. The van der Waals surface area contributed by atoms with E-state index in [1.807, 2.05) is 11.6 Å². The van der Waals surface area contributed by atoms with E-state index in [1.54, 1.807) is 0 Å². The minimum absolute atomic E-state index is 0.0480. The predicted molar refractivity (Wildman–Crippen MR) is 69.1 cm³/mol. The van der Waals surface area contributed by atoms with Crippen LogP contribution in [0.25, 0.3) is 0 Å². The van der Waals surface area contributed by atoms with Crippen molar-refractivity contribution in [2.75, 3.05) is 0 Å². The average molecular weight is 239 g/mol. The van der Waals surface area contributed by atoms with Crippen LogP contribution in [0.2, 0.25) is 0 Å². The van der Waals surface area contributed by atoms with Crippen molar-refractivity contribution in [1.29, 1.82) is 0 Å². The summed E-state index contributed by atoms with van der Waals surface area (Å²) in [6.07, 6.45) is 0.387. The van der Waals surface area contributed by atoms with Crippen LogP contribution in [0.3, 0.4) is 0 Å². The van der Waals surface area contributed by atoms with E-state index < -0.39 is 0 Å². The van der Waals surface area contributed by atoms with Crippen LogP contribution in [-0.2, 0) is 12.0 Å². The molecule has 0 saturated heterocycles. The Hall–Kier alpha value is -0.900. The zero-order valence-corrected chi connectivity index (χ0v) is 11.9. The Morgan fingerprint density at radius 3 is 2.29 bits per heavy atom. The Morgan fingerprint density at radius 1 is 1.29 bits per heavy atom. The fourth-order valence-electron chi connectivity index (χ4n) is 1.62. The molecule has 1 rings (SSSR count). The van der Waals surface area contributed by atoms with Crippen LogP contribution in [0.1, 0.15) is 65.5 Å². The van der Waals surface area contributed by atoms with Gasteiger partial charge >= 0.3 is 0 Å². The van der Waals surface area contributed by atoms with E-state index in [1.165, 1.54) is 0 Å². The van der Waals surface area contributed by atoms with Gasteiger partial charge in [0.25, 0.3) is 0 Å². The van der Waals surface area contributed by atoms with Crippen LogP contribution in [0.15, 0.2) is 0 Å². The van der Waals surface area contributed by atoms with Crippen LogP contribution in [0.5, 0.6) is 0 Å². The zero-order valence-electron chi connectivity index (χ0n) is 11.9. The first kappa shape index (κ1) is 14.2. The third kappa shape index (κ3) is 3.53. The largest absolute Gasteiger partial charge is 0.391 e. The molecule has 0 radical (unpaired) electrons. The minimum Gasteiger partial charge on any atom is -0.391 e. The first-order valence-electron chi connectivity index (χ1n) is 6.39. The number of hydrogen-bond donors (Lipinski definition) is 1. The summed E-state index contributed by atoms with van der Waals surface area (Å²) in [5.74, 6) is 2.13. The van der Waals surface area contributed by atoms with Gasteiger partial charge in [0.1, 0.15) is 5.82 Å². The third-order valence-electron chi connectivity index (χ3n) is 2.73. The molecule has 0 aliphatic carbocycles. The number of aromatic nitrogens is 3. The molecule has 1 aromatic heterocycles. The topological polar surface area (TPSA) is 50.9 Å². The van der Waals surface area contributed by atoms with E-state index in [2.05, 4.69) is 44.7 Å². The van der Waals surface area contributed by atoms with Gasteiger partial charge in [0, 0.05) is 11.3 Å². The van der Waals surface area contributed by atoms with Gasteiger partial charge in [0.15, 0.2) is 5.82 Å². The second-order valence-electron chi connectivity index (χ2n) is 5.94. The molecule has 0 bridgehead atoms. The number of nitrogens with zero attached hydrogens (tertiary/aromatic N) is 3. The van der Waals surface area contributed by atoms with Crippen molar-refractivity contribution >= 4 is 0 Å². The van der Waals surface area contributed by atoms with Gasteiger partial charge in [-0.3, -0.25) is 0 Å². The summed E-state index contributed by atoms with van der Waals surface area (Å²) in [5.41, 5.74) is -0.0480. The van der Waals surface area contributed by atoms with Crippen molar-refractivity contribution in [3.05, 3.63) is 11.6 Å². The second-order valence-corrected chi connectivity index (χ2v) is 5.94. The quantitative estimate of drug-likeness (QED) is 0.878. The highest BCUT2D eigenvalue weighted by molar-refractivity contribution is 5.06. The van der Waals surface area contributed by atoms with Crippen LogP contribution in [0.4, 0.5) is 0 Å². The summed E-state index contributed by atoms with van der Waals surface area (Å²) < 4.78 is 1.86. The standard InChI is InChI=1S/C13H25N3O/c1-7-10(17)8-16-12(13(4,5)6)14-11(15-16)9(2)3/h9-10,17H,7-8H2,1-6H3/t10-/m1/s1. The highest BCUT2D eigenvalue weighted by Crippen LogP contribution is 2.22. The Kier molecular flexibility index (Phi) is 4.31. The van der Waals surface area contributed by atoms with Crippen molar-refractivity contribution in [2.45, 2.75) is 71.9 Å². The number of rotatable bonds is 4. The summed E-state index contributed by atoms with van der Waals surface area (Å²) >= 11 is 0. The van der Waals surface area contributed by atoms with Crippen molar-refractivity contribution in [3.63, 3.8) is 0 Å². The fourth-order valence-corrected chi connectivity index (χ4v) is 1.62. The second kappa shape index (κ2) is 5.17. The van der Waals surface area contributed by atoms with E-state index >= 15 is 0 Å². The number of aliphatic hydroxyl groups excluding tert-OH is 1. The minimum atomic E-state index is -0.349. The molecule has 0 aromatic carbocycles. The van der Waals surface area contributed by atoms with Crippen LogP contribution >= 0.6 is 0 Å².